The summed E-state index contributed by atoms with van der Waals surface area (Å²) < 4.78 is 3.06. The van der Waals surface area contributed by atoms with Gasteiger partial charge < -0.3 is 0 Å². The highest BCUT2D eigenvalue weighted by molar-refractivity contribution is 9.10. The lowest BCUT2D eigenvalue weighted by molar-refractivity contribution is -0.117. The van der Waals surface area contributed by atoms with Crippen LogP contribution in [-0.2, 0) is 4.79 Å². The van der Waals surface area contributed by atoms with Gasteiger partial charge >= 0.3 is 0 Å². The van der Waals surface area contributed by atoms with Crippen molar-refractivity contribution in [1.82, 2.24) is 9.78 Å². The summed E-state index contributed by atoms with van der Waals surface area (Å²) in [6.45, 7) is 4.01. The summed E-state index contributed by atoms with van der Waals surface area (Å²) in [5, 5.41) is 4.44. The van der Waals surface area contributed by atoms with Gasteiger partial charge in [-0.25, -0.2) is 0 Å². The Morgan fingerprint density at radius 3 is 2.64 bits per heavy atom. The topological polar surface area (TPSA) is 34.9 Å². The van der Waals surface area contributed by atoms with E-state index in [-0.39, 0.29) is 6.04 Å². The summed E-state index contributed by atoms with van der Waals surface area (Å²) in [4.78, 5) is 11.2. The van der Waals surface area contributed by atoms with E-state index in [1.807, 2.05) is 18.5 Å². The van der Waals surface area contributed by atoms with Crippen LogP contribution in [0.4, 0.5) is 0 Å². The van der Waals surface area contributed by atoms with E-state index in [4.69, 9.17) is 0 Å². The van der Waals surface area contributed by atoms with Crippen LogP contribution in [0.15, 0.2) is 4.47 Å². The predicted molar refractivity (Wildman–Crippen MR) is 57.3 cm³/mol. The number of carbonyl (C=O) groups is 1. The average Bonchev–Trinajstić information content (AvgIpc) is 2.66. The summed E-state index contributed by atoms with van der Waals surface area (Å²) in [6, 6.07) is 0.285. The van der Waals surface area contributed by atoms with Crippen molar-refractivity contribution in [2.75, 3.05) is 0 Å². The number of halogens is 1. The molecule has 76 valence electrons. The number of ketones is 1. The molecule has 0 amide bonds. The number of Topliss-reactive ketones (excluding diaryl/α,β-unsaturated/α-hetero) is 1. The Morgan fingerprint density at radius 2 is 2.21 bits per heavy atom. The largest absolute Gasteiger partial charge is 0.300 e. The van der Waals surface area contributed by atoms with Crippen molar-refractivity contribution in [2.45, 2.75) is 39.2 Å². The second-order valence-corrected chi connectivity index (χ2v) is 4.66. The molecular weight excluding hydrogens is 244 g/mol. The number of hydrogen-bond donors (Lipinski definition) is 0. The van der Waals surface area contributed by atoms with Gasteiger partial charge in [-0.05, 0) is 36.2 Å². The van der Waals surface area contributed by atoms with E-state index < -0.39 is 0 Å². The van der Waals surface area contributed by atoms with Crippen molar-refractivity contribution >= 4 is 21.7 Å². The van der Waals surface area contributed by atoms with E-state index in [0.29, 0.717) is 18.6 Å². The Bertz CT molecular complexity index is 384. The highest BCUT2D eigenvalue weighted by Crippen LogP contribution is 2.30. The van der Waals surface area contributed by atoms with Crippen LogP contribution in [0.1, 0.15) is 36.7 Å². The van der Waals surface area contributed by atoms with Gasteiger partial charge in [-0.1, -0.05) is 0 Å². The van der Waals surface area contributed by atoms with Crippen LogP contribution in [0.25, 0.3) is 0 Å². The molecule has 1 heterocycles. The smallest absolute Gasteiger partial charge is 0.135 e. The highest BCUT2D eigenvalue weighted by atomic mass is 79.9. The number of rotatable bonds is 1. The Balaban J connectivity index is 2.32. The second kappa shape index (κ2) is 3.50. The van der Waals surface area contributed by atoms with Gasteiger partial charge in [0.2, 0.25) is 0 Å². The lowest BCUT2D eigenvalue weighted by atomic mass is 10.2. The predicted octanol–water partition coefficient (Wildman–Crippen LogP) is 2.56. The zero-order valence-electron chi connectivity index (χ0n) is 8.38. The standard InChI is InChI=1S/C10H13BrN2O/c1-6-10(11)7(2)13(12-6)8-3-4-9(14)5-8/h8H,3-5H2,1-2H3. The fourth-order valence-electron chi connectivity index (χ4n) is 2.00. The summed E-state index contributed by atoms with van der Waals surface area (Å²) in [5.74, 6) is 0.360. The minimum atomic E-state index is 0.285. The molecule has 3 nitrogen and oxygen atoms in total. The van der Waals surface area contributed by atoms with Gasteiger partial charge in [0.15, 0.2) is 0 Å². The van der Waals surface area contributed by atoms with Crippen molar-refractivity contribution in [3.8, 4) is 0 Å². The van der Waals surface area contributed by atoms with E-state index in [2.05, 4.69) is 21.0 Å². The molecule has 14 heavy (non-hydrogen) atoms. The first-order valence-electron chi connectivity index (χ1n) is 4.82. The second-order valence-electron chi connectivity index (χ2n) is 3.86. The molecule has 0 bridgehead atoms. The molecule has 0 saturated heterocycles. The summed E-state index contributed by atoms with van der Waals surface area (Å²) in [6.07, 6.45) is 2.29. The van der Waals surface area contributed by atoms with Crippen LogP contribution >= 0.6 is 15.9 Å². The summed E-state index contributed by atoms with van der Waals surface area (Å²) in [7, 11) is 0. The number of nitrogens with zero attached hydrogens (tertiary/aromatic N) is 2. The van der Waals surface area contributed by atoms with Gasteiger partial charge in [-0.3, -0.25) is 9.48 Å². The fourth-order valence-corrected chi connectivity index (χ4v) is 2.26. The average molecular weight is 257 g/mol. The van der Waals surface area contributed by atoms with Crippen molar-refractivity contribution in [1.29, 1.82) is 0 Å². The maximum absolute atomic E-state index is 11.2. The molecule has 1 aromatic rings. The Morgan fingerprint density at radius 1 is 1.50 bits per heavy atom. The van der Waals surface area contributed by atoms with E-state index in [9.17, 15) is 4.79 Å². The number of aryl methyl sites for hydroxylation is 1. The molecule has 1 fully saturated rings. The SMILES string of the molecule is Cc1nn(C2CCC(=O)C2)c(C)c1Br. The third kappa shape index (κ3) is 1.52. The van der Waals surface area contributed by atoms with E-state index >= 15 is 0 Å². The maximum Gasteiger partial charge on any atom is 0.135 e. The van der Waals surface area contributed by atoms with Gasteiger partial charge in [-0.2, -0.15) is 5.10 Å². The highest BCUT2D eigenvalue weighted by Gasteiger charge is 2.26. The number of aromatic nitrogens is 2. The molecule has 0 aliphatic heterocycles. The molecule has 2 rings (SSSR count). The van der Waals surface area contributed by atoms with Crippen LogP contribution in [0, 0.1) is 13.8 Å². The van der Waals surface area contributed by atoms with Crippen LogP contribution < -0.4 is 0 Å². The molecule has 0 N–H and O–H groups in total. The van der Waals surface area contributed by atoms with Gasteiger partial charge in [0.05, 0.1) is 21.9 Å². The maximum atomic E-state index is 11.2. The van der Waals surface area contributed by atoms with Crippen molar-refractivity contribution in [3.63, 3.8) is 0 Å². The molecule has 4 heteroatoms. The van der Waals surface area contributed by atoms with Crippen molar-refractivity contribution in [2.24, 2.45) is 0 Å². The molecule has 1 atom stereocenters. The van der Waals surface area contributed by atoms with Crippen molar-refractivity contribution < 1.29 is 4.79 Å². The summed E-state index contributed by atoms with van der Waals surface area (Å²) >= 11 is 3.49. The first-order chi connectivity index (χ1) is 6.59. The monoisotopic (exact) mass is 256 g/mol. The zero-order chi connectivity index (χ0) is 10.3. The quantitative estimate of drug-likeness (QED) is 0.774. The lowest BCUT2D eigenvalue weighted by Crippen LogP contribution is -2.09. The molecule has 0 radical (unpaired) electrons. The van der Waals surface area contributed by atoms with Gasteiger partial charge in [0.25, 0.3) is 0 Å². The van der Waals surface area contributed by atoms with Gasteiger partial charge in [0, 0.05) is 12.8 Å². The molecule has 1 aliphatic carbocycles. The number of hydrogen-bond acceptors (Lipinski definition) is 2. The minimum absolute atomic E-state index is 0.285. The van der Waals surface area contributed by atoms with E-state index in [0.717, 1.165) is 22.3 Å². The Kier molecular flexibility index (Phi) is 2.47. The molecule has 1 saturated carbocycles. The van der Waals surface area contributed by atoms with Crippen molar-refractivity contribution in [3.05, 3.63) is 15.9 Å². The third-order valence-corrected chi connectivity index (χ3v) is 3.95. The molecule has 1 unspecified atom stereocenters. The van der Waals surface area contributed by atoms with Gasteiger partial charge in [-0.15, -0.1) is 0 Å². The number of carbonyl (C=O) groups excluding carboxylic acids is 1. The first-order valence-corrected chi connectivity index (χ1v) is 5.62. The van der Waals surface area contributed by atoms with Crippen LogP contribution in [0.2, 0.25) is 0 Å². The van der Waals surface area contributed by atoms with Crippen LogP contribution in [0.5, 0.6) is 0 Å². The van der Waals surface area contributed by atoms with E-state index in [1.165, 1.54) is 0 Å². The summed E-state index contributed by atoms with van der Waals surface area (Å²) in [5.41, 5.74) is 2.13. The van der Waals surface area contributed by atoms with Crippen LogP contribution in [0.3, 0.4) is 0 Å². The molecule has 1 aromatic heterocycles. The lowest BCUT2D eigenvalue weighted by Gasteiger charge is -2.10. The van der Waals surface area contributed by atoms with Gasteiger partial charge in [0.1, 0.15) is 5.78 Å². The Hall–Kier alpha value is -0.640. The third-order valence-electron chi connectivity index (χ3n) is 2.80. The van der Waals surface area contributed by atoms with E-state index in [1.54, 1.807) is 0 Å². The molecule has 0 spiro atoms. The van der Waals surface area contributed by atoms with Crippen LogP contribution in [-0.4, -0.2) is 15.6 Å². The molecule has 0 aromatic carbocycles. The Labute approximate surface area is 91.6 Å². The minimum Gasteiger partial charge on any atom is -0.300 e. The normalized spacial score (nSPS) is 21.9. The first kappa shape index (κ1) is 9.90. The zero-order valence-corrected chi connectivity index (χ0v) is 9.97. The molecular formula is C10H13BrN2O. The molecule has 1 aliphatic rings. The fraction of sp³-hybridized carbons (Fsp3) is 0.600.